The highest BCUT2D eigenvalue weighted by Gasteiger charge is 2.15. The predicted molar refractivity (Wildman–Crippen MR) is 89.7 cm³/mol. The lowest BCUT2D eigenvalue weighted by molar-refractivity contribution is -0.384. The van der Waals surface area contributed by atoms with Crippen molar-refractivity contribution in [3.8, 4) is 0 Å². The number of benzene rings is 2. The van der Waals surface area contributed by atoms with E-state index in [0.29, 0.717) is 18.7 Å². The first-order valence-corrected chi connectivity index (χ1v) is 7.50. The molecule has 0 saturated carbocycles. The number of hydrogen-bond acceptors (Lipinski definition) is 4. The molecular weight excluding hydrogens is 313 g/mol. The van der Waals surface area contributed by atoms with Gasteiger partial charge in [-0.2, -0.15) is 0 Å². The first kappa shape index (κ1) is 17.4. The van der Waals surface area contributed by atoms with Gasteiger partial charge in [-0.15, -0.1) is 0 Å². The van der Waals surface area contributed by atoms with E-state index in [0.717, 1.165) is 12.0 Å². The van der Waals surface area contributed by atoms with Crippen molar-refractivity contribution in [3.05, 3.63) is 69.5 Å². The van der Waals surface area contributed by atoms with Gasteiger partial charge in [0.25, 0.3) is 11.6 Å². The van der Waals surface area contributed by atoms with Gasteiger partial charge < -0.3 is 10.6 Å². The van der Waals surface area contributed by atoms with E-state index in [-0.39, 0.29) is 17.1 Å². The molecule has 0 atom stereocenters. The van der Waals surface area contributed by atoms with Crippen LogP contribution in [0.3, 0.4) is 0 Å². The summed E-state index contributed by atoms with van der Waals surface area (Å²) in [5, 5.41) is 16.4. The summed E-state index contributed by atoms with van der Waals surface area (Å²) in [7, 11) is 1.47. The van der Waals surface area contributed by atoms with Gasteiger partial charge in [-0.05, 0) is 36.6 Å². The Morgan fingerprint density at radius 3 is 2.71 bits per heavy atom. The van der Waals surface area contributed by atoms with Crippen LogP contribution in [0.1, 0.15) is 22.3 Å². The molecule has 2 aromatic rings. The Balaban J connectivity index is 2.01. The van der Waals surface area contributed by atoms with E-state index in [1.807, 2.05) is 6.07 Å². The van der Waals surface area contributed by atoms with Crippen LogP contribution < -0.4 is 10.6 Å². The fraction of sp³-hybridized carbons (Fsp3) is 0.235. The number of nitro groups is 1. The van der Waals surface area contributed by atoms with Crippen molar-refractivity contribution in [1.82, 2.24) is 5.32 Å². The Labute approximate surface area is 138 Å². The van der Waals surface area contributed by atoms with Crippen molar-refractivity contribution in [3.63, 3.8) is 0 Å². The van der Waals surface area contributed by atoms with Crippen molar-refractivity contribution < 1.29 is 14.1 Å². The monoisotopic (exact) mass is 331 g/mol. The number of amides is 1. The lowest BCUT2D eigenvalue weighted by Gasteiger charge is -2.11. The number of nitro benzene ring substituents is 1. The molecule has 126 valence electrons. The molecule has 7 heteroatoms. The predicted octanol–water partition coefficient (Wildman–Crippen LogP) is 3.14. The van der Waals surface area contributed by atoms with Gasteiger partial charge in [-0.3, -0.25) is 14.9 Å². The van der Waals surface area contributed by atoms with E-state index < -0.39 is 10.8 Å². The largest absolute Gasteiger partial charge is 0.384 e. The minimum Gasteiger partial charge on any atom is -0.384 e. The van der Waals surface area contributed by atoms with Gasteiger partial charge in [0.1, 0.15) is 5.82 Å². The minimum absolute atomic E-state index is 0.140. The highest BCUT2D eigenvalue weighted by atomic mass is 19.1. The number of nitrogens with zero attached hydrogens (tertiary/aromatic N) is 1. The Hall–Kier alpha value is -2.96. The van der Waals surface area contributed by atoms with Crippen molar-refractivity contribution in [2.75, 3.05) is 18.9 Å². The third-order valence-electron chi connectivity index (χ3n) is 3.53. The van der Waals surface area contributed by atoms with Crippen LogP contribution in [0.5, 0.6) is 0 Å². The van der Waals surface area contributed by atoms with Gasteiger partial charge in [0, 0.05) is 31.4 Å². The third kappa shape index (κ3) is 4.52. The SMILES string of the molecule is CNC(=O)c1cc([N+](=O)[O-])ccc1NCCCc1cccc(F)c1. The molecule has 0 spiro atoms. The number of non-ortho nitro benzene ring substituents is 1. The summed E-state index contributed by atoms with van der Waals surface area (Å²) in [5.74, 6) is -0.663. The van der Waals surface area contributed by atoms with Gasteiger partial charge in [-0.25, -0.2) is 4.39 Å². The fourth-order valence-corrected chi connectivity index (χ4v) is 2.33. The number of halogens is 1. The van der Waals surface area contributed by atoms with Crippen molar-refractivity contribution in [2.24, 2.45) is 0 Å². The number of rotatable bonds is 7. The summed E-state index contributed by atoms with van der Waals surface area (Å²) < 4.78 is 13.1. The average molecular weight is 331 g/mol. The van der Waals surface area contributed by atoms with Crippen LogP contribution in [-0.4, -0.2) is 24.4 Å². The second-order valence-electron chi connectivity index (χ2n) is 5.23. The Morgan fingerprint density at radius 1 is 1.25 bits per heavy atom. The molecule has 2 rings (SSSR count). The molecule has 1 amide bonds. The number of carbonyl (C=O) groups excluding carboxylic acids is 1. The van der Waals surface area contributed by atoms with E-state index in [2.05, 4.69) is 10.6 Å². The van der Waals surface area contributed by atoms with Crippen molar-refractivity contribution >= 4 is 17.3 Å². The quantitative estimate of drug-likeness (QED) is 0.464. The van der Waals surface area contributed by atoms with Gasteiger partial charge >= 0.3 is 0 Å². The molecule has 0 unspecified atom stereocenters. The minimum atomic E-state index is -0.541. The maximum Gasteiger partial charge on any atom is 0.270 e. The van der Waals surface area contributed by atoms with Crippen LogP contribution in [0.4, 0.5) is 15.8 Å². The topological polar surface area (TPSA) is 84.3 Å². The van der Waals surface area contributed by atoms with E-state index in [1.165, 1.54) is 37.4 Å². The first-order valence-electron chi connectivity index (χ1n) is 7.50. The van der Waals surface area contributed by atoms with Gasteiger partial charge in [0.2, 0.25) is 0 Å². The van der Waals surface area contributed by atoms with Gasteiger partial charge in [-0.1, -0.05) is 12.1 Å². The third-order valence-corrected chi connectivity index (χ3v) is 3.53. The summed E-state index contributed by atoms with van der Waals surface area (Å²) in [4.78, 5) is 22.2. The molecule has 0 saturated heterocycles. The van der Waals surface area contributed by atoms with Crippen LogP contribution in [0.25, 0.3) is 0 Å². The van der Waals surface area contributed by atoms with Crippen LogP contribution in [0.15, 0.2) is 42.5 Å². The Morgan fingerprint density at radius 2 is 2.04 bits per heavy atom. The lowest BCUT2D eigenvalue weighted by atomic mass is 10.1. The zero-order chi connectivity index (χ0) is 17.5. The second kappa shape index (κ2) is 8.05. The molecule has 6 nitrogen and oxygen atoms in total. The number of carbonyl (C=O) groups is 1. The standard InChI is InChI=1S/C17H18FN3O3/c1-19-17(22)15-11-14(21(23)24)7-8-16(15)20-9-3-5-12-4-2-6-13(18)10-12/h2,4,6-8,10-11,20H,3,5,9H2,1H3,(H,19,22). The Bertz CT molecular complexity index is 750. The zero-order valence-corrected chi connectivity index (χ0v) is 13.2. The van der Waals surface area contributed by atoms with E-state index in [1.54, 1.807) is 6.07 Å². The number of nitrogens with one attached hydrogen (secondary N) is 2. The van der Waals surface area contributed by atoms with E-state index in [9.17, 15) is 19.3 Å². The molecule has 0 bridgehead atoms. The highest BCUT2D eigenvalue weighted by Crippen LogP contribution is 2.22. The zero-order valence-electron chi connectivity index (χ0n) is 13.2. The summed E-state index contributed by atoms with van der Waals surface area (Å²) in [5.41, 5.74) is 1.50. The molecule has 0 aliphatic rings. The van der Waals surface area contributed by atoms with Crippen LogP contribution in [0.2, 0.25) is 0 Å². The Kier molecular flexibility index (Phi) is 5.83. The van der Waals surface area contributed by atoms with Crippen LogP contribution >= 0.6 is 0 Å². The molecule has 24 heavy (non-hydrogen) atoms. The molecule has 0 aliphatic carbocycles. The maximum atomic E-state index is 13.1. The van der Waals surface area contributed by atoms with E-state index in [4.69, 9.17) is 0 Å². The summed E-state index contributed by atoms with van der Waals surface area (Å²) in [6.45, 7) is 0.554. The lowest BCUT2D eigenvalue weighted by Crippen LogP contribution is -2.20. The normalized spacial score (nSPS) is 10.2. The van der Waals surface area contributed by atoms with Gasteiger partial charge in [0.15, 0.2) is 0 Å². The second-order valence-corrected chi connectivity index (χ2v) is 5.23. The molecule has 0 radical (unpaired) electrons. The number of anilines is 1. The molecular formula is C17H18FN3O3. The molecule has 2 aromatic carbocycles. The summed E-state index contributed by atoms with van der Waals surface area (Å²) in [6, 6.07) is 10.5. The molecule has 0 fully saturated rings. The fourth-order valence-electron chi connectivity index (χ4n) is 2.33. The van der Waals surface area contributed by atoms with Crippen molar-refractivity contribution in [1.29, 1.82) is 0 Å². The number of hydrogen-bond donors (Lipinski definition) is 2. The molecule has 0 heterocycles. The van der Waals surface area contributed by atoms with E-state index >= 15 is 0 Å². The van der Waals surface area contributed by atoms with Gasteiger partial charge in [0.05, 0.1) is 10.5 Å². The molecule has 0 aromatic heterocycles. The number of aryl methyl sites for hydroxylation is 1. The van der Waals surface area contributed by atoms with Crippen LogP contribution in [-0.2, 0) is 6.42 Å². The summed E-state index contributed by atoms with van der Waals surface area (Å²) >= 11 is 0. The molecule has 2 N–H and O–H groups in total. The van der Waals surface area contributed by atoms with Crippen molar-refractivity contribution in [2.45, 2.75) is 12.8 Å². The smallest absolute Gasteiger partial charge is 0.270 e. The average Bonchev–Trinajstić information content (AvgIpc) is 2.58. The first-order chi connectivity index (χ1) is 11.5. The highest BCUT2D eigenvalue weighted by molar-refractivity contribution is 6.00. The summed E-state index contributed by atoms with van der Waals surface area (Å²) in [6.07, 6.45) is 1.42. The van der Waals surface area contributed by atoms with Crippen LogP contribution in [0, 0.1) is 15.9 Å². The maximum absolute atomic E-state index is 13.1. The molecule has 0 aliphatic heterocycles.